The Kier molecular flexibility index (Phi) is 3.36. The molecule has 0 spiro atoms. The fourth-order valence-electron chi connectivity index (χ4n) is 1.68. The predicted octanol–water partition coefficient (Wildman–Crippen LogP) is 1.93. The molecule has 3 nitrogen and oxygen atoms in total. The van der Waals surface area contributed by atoms with Crippen LogP contribution in [0.5, 0.6) is 5.75 Å². The highest BCUT2D eigenvalue weighted by molar-refractivity contribution is 6.37. The molecule has 2 rings (SSSR count). The summed E-state index contributed by atoms with van der Waals surface area (Å²) in [6.45, 7) is 2.73. The molecule has 0 bridgehead atoms. The fraction of sp³-hybridized carbons (Fsp3) is 0.400. The lowest BCUT2D eigenvalue weighted by Crippen LogP contribution is -2.42. The number of rotatable bonds is 1. The van der Waals surface area contributed by atoms with E-state index in [2.05, 4.69) is 10.6 Å². The van der Waals surface area contributed by atoms with E-state index in [0.29, 0.717) is 10.0 Å². The molecule has 15 heavy (non-hydrogen) atoms. The van der Waals surface area contributed by atoms with Crippen molar-refractivity contribution in [3.8, 4) is 5.75 Å². The molecule has 1 atom stereocenters. The summed E-state index contributed by atoms with van der Waals surface area (Å²) in [5.74, 6) is -0.0501. The molecule has 1 aliphatic heterocycles. The third-order valence-corrected chi connectivity index (χ3v) is 3.06. The number of phenolic OH excluding ortho intramolecular Hbond substituents is 1. The first-order chi connectivity index (χ1) is 7.18. The van der Waals surface area contributed by atoms with Gasteiger partial charge in [0, 0.05) is 25.7 Å². The quantitative estimate of drug-likeness (QED) is 0.710. The number of halogens is 2. The Hall–Kier alpha value is -0.480. The number of phenols is 1. The van der Waals surface area contributed by atoms with Gasteiger partial charge in [-0.05, 0) is 17.7 Å². The second kappa shape index (κ2) is 4.58. The second-order valence-corrected chi connectivity index (χ2v) is 4.36. The van der Waals surface area contributed by atoms with Gasteiger partial charge < -0.3 is 15.7 Å². The topological polar surface area (TPSA) is 44.3 Å². The SMILES string of the molecule is Oc1c(Cl)cc([C@@H]2CNCCN2)cc1Cl. The minimum Gasteiger partial charge on any atom is -0.505 e. The van der Waals surface area contributed by atoms with Crippen molar-refractivity contribution in [3.63, 3.8) is 0 Å². The Morgan fingerprint density at radius 2 is 1.87 bits per heavy atom. The maximum atomic E-state index is 9.43. The molecule has 82 valence electrons. The van der Waals surface area contributed by atoms with Crippen LogP contribution in [0.4, 0.5) is 0 Å². The lowest BCUT2D eigenvalue weighted by molar-refractivity contribution is 0.429. The van der Waals surface area contributed by atoms with E-state index in [0.717, 1.165) is 25.2 Å². The van der Waals surface area contributed by atoms with Crippen LogP contribution in [0.3, 0.4) is 0 Å². The Bertz CT molecular complexity index is 341. The van der Waals surface area contributed by atoms with Crippen molar-refractivity contribution in [3.05, 3.63) is 27.7 Å². The van der Waals surface area contributed by atoms with E-state index >= 15 is 0 Å². The Morgan fingerprint density at radius 1 is 1.20 bits per heavy atom. The summed E-state index contributed by atoms with van der Waals surface area (Å²) < 4.78 is 0. The summed E-state index contributed by atoms with van der Waals surface area (Å²) in [6.07, 6.45) is 0. The van der Waals surface area contributed by atoms with Crippen LogP contribution >= 0.6 is 23.2 Å². The molecule has 1 aliphatic rings. The van der Waals surface area contributed by atoms with Gasteiger partial charge in [-0.3, -0.25) is 0 Å². The van der Waals surface area contributed by atoms with Gasteiger partial charge in [0.2, 0.25) is 0 Å². The van der Waals surface area contributed by atoms with E-state index in [4.69, 9.17) is 23.2 Å². The van der Waals surface area contributed by atoms with Gasteiger partial charge in [0.05, 0.1) is 10.0 Å². The molecule has 0 aliphatic carbocycles. The van der Waals surface area contributed by atoms with Crippen LogP contribution in [0.1, 0.15) is 11.6 Å². The molecule has 0 saturated carbocycles. The summed E-state index contributed by atoms with van der Waals surface area (Å²) in [6, 6.07) is 3.69. The van der Waals surface area contributed by atoms with Crippen molar-refractivity contribution >= 4 is 23.2 Å². The van der Waals surface area contributed by atoms with Crippen molar-refractivity contribution < 1.29 is 5.11 Å². The van der Waals surface area contributed by atoms with E-state index in [9.17, 15) is 5.11 Å². The van der Waals surface area contributed by atoms with Crippen molar-refractivity contribution in [2.45, 2.75) is 6.04 Å². The van der Waals surface area contributed by atoms with Gasteiger partial charge in [-0.25, -0.2) is 0 Å². The number of benzene rings is 1. The summed E-state index contributed by atoms with van der Waals surface area (Å²) in [5, 5.41) is 16.6. The van der Waals surface area contributed by atoms with Gasteiger partial charge in [-0.1, -0.05) is 23.2 Å². The first-order valence-corrected chi connectivity index (χ1v) is 5.56. The van der Waals surface area contributed by atoms with Crippen LogP contribution in [0.15, 0.2) is 12.1 Å². The fourth-order valence-corrected chi connectivity index (χ4v) is 2.18. The van der Waals surface area contributed by atoms with E-state index in [-0.39, 0.29) is 11.8 Å². The number of aromatic hydroxyl groups is 1. The zero-order valence-corrected chi connectivity index (χ0v) is 9.57. The molecule has 0 aromatic heterocycles. The van der Waals surface area contributed by atoms with Crippen LogP contribution in [0, 0.1) is 0 Å². The summed E-state index contributed by atoms with van der Waals surface area (Å²) >= 11 is 11.7. The smallest absolute Gasteiger partial charge is 0.152 e. The monoisotopic (exact) mass is 246 g/mol. The molecule has 0 unspecified atom stereocenters. The number of piperazine rings is 1. The Labute approximate surface area is 98.4 Å². The van der Waals surface area contributed by atoms with Gasteiger partial charge in [0.25, 0.3) is 0 Å². The van der Waals surface area contributed by atoms with Crippen LogP contribution < -0.4 is 10.6 Å². The lowest BCUT2D eigenvalue weighted by atomic mass is 10.1. The average molecular weight is 247 g/mol. The molecular formula is C10H12Cl2N2O. The molecule has 0 radical (unpaired) electrons. The zero-order chi connectivity index (χ0) is 10.8. The Balaban J connectivity index is 2.27. The molecule has 0 amide bonds. The van der Waals surface area contributed by atoms with Crippen molar-refractivity contribution in [2.75, 3.05) is 19.6 Å². The molecule has 1 heterocycles. The van der Waals surface area contributed by atoms with Gasteiger partial charge >= 0.3 is 0 Å². The van der Waals surface area contributed by atoms with Gasteiger partial charge in [-0.15, -0.1) is 0 Å². The molecule has 1 aromatic carbocycles. The normalized spacial score (nSPS) is 21.6. The van der Waals surface area contributed by atoms with E-state index in [1.807, 2.05) is 0 Å². The second-order valence-electron chi connectivity index (χ2n) is 3.54. The predicted molar refractivity (Wildman–Crippen MR) is 61.7 cm³/mol. The zero-order valence-electron chi connectivity index (χ0n) is 8.06. The number of nitrogens with one attached hydrogen (secondary N) is 2. The highest BCUT2D eigenvalue weighted by Crippen LogP contribution is 2.34. The summed E-state index contributed by atoms with van der Waals surface area (Å²) in [4.78, 5) is 0. The van der Waals surface area contributed by atoms with Crippen LogP contribution in [0.2, 0.25) is 10.0 Å². The number of hydrogen-bond donors (Lipinski definition) is 3. The van der Waals surface area contributed by atoms with E-state index in [1.54, 1.807) is 12.1 Å². The molecule has 5 heteroatoms. The largest absolute Gasteiger partial charge is 0.505 e. The molecular weight excluding hydrogens is 235 g/mol. The Morgan fingerprint density at radius 3 is 2.40 bits per heavy atom. The van der Waals surface area contributed by atoms with Gasteiger partial charge in [0.15, 0.2) is 5.75 Å². The average Bonchev–Trinajstić information content (AvgIpc) is 2.26. The van der Waals surface area contributed by atoms with Gasteiger partial charge in [0.1, 0.15) is 0 Å². The molecule has 1 aromatic rings. The minimum absolute atomic E-state index is 0.0501. The summed E-state index contributed by atoms with van der Waals surface area (Å²) in [5.41, 5.74) is 0.995. The minimum atomic E-state index is -0.0501. The third-order valence-electron chi connectivity index (χ3n) is 2.48. The maximum absolute atomic E-state index is 9.43. The van der Waals surface area contributed by atoms with E-state index in [1.165, 1.54) is 0 Å². The standard InChI is InChI=1S/C10H12Cl2N2O/c11-7-3-6(4-8(12)10(7)15)9-5-13-1-2-14-9/h3-4,9,13-15H,1-2,5H2/t9-/m0/s1. The summed E-state index contributed by atoms with van der Waals surface area (Å²) in [7, 11) is 0. The highest BCUT2D eigenvalue weighted by Gasteiger charge is 2.17. The first-order valence-electron chi connectivity index (χ1n) is 4.80. The number of hydrogen-bond acceptors (Lipinski definition) is 3. The van der Waals surface area contributed by atoms with Crippen molar-refractivity contribution in [1.82, 2.24) is 10.6 Å². The van der Waals surface area contributed by atoms with Crippen molar-refractivity contribution in [2.24, 2.45) is 0 Å². The van der Waals surface area contributed by atoms with Crippen molar-refractivity contribution in [1.29, 1.82) is 0 Å². The maximum Gasteiger partial charge on any atom is 0.152 e. The van der Waals surface area contributed by atoms with Crippen LogP contribution in [-0.4, -0.2) is 24.7 Å². The molecule has 3 N–H and O–H groups in total. The first kappa shape index (κ1) is 11.0. The van der Waals surface area contributed by atoms with Gasteiger partial charge in [-0.2, -0.15) is 0 Å². The molecule has 1 fully saturated rings. The molecule has 1 saturated heterocycles. The van der Waals surface area contributed by atoms with E-state index < -0.39 is 0 Å². The third kappa shape index (κ3) is 2.37. The van der Waals surface area contributed by atoms with Crippen LogP contribution in [0.25, 0.3) is 0 Å². The lowest BCUT2D eigenvalue weighted by Gasteiger charge is -2.25. The highest BCUT2D eigenvalue weighted by atomic mass is 35.5. The van der Waals surface area contributed by atoms with Crippen LogP contribution in [-0.2, 0) is 0 Å².